The molecule has 1 aliphatic heterocycles. The van der Waals surface area contributed by atoms with Crippen molar-refractivity contribution in [3.05, 3.63) is 70.6 Å². The average molecular weight is 392 g/mol. The maximum atomic E-state index is 12.3. The van der Waals surface area contributed by atoms with Crippen LogP contribution in [0.5, 0.6) is 5.88 Å². The largest absolute Gasteiger partial charge is 0.481 e. The van der Waals surface area contributed by atoms with Gasteiger partial charge in [-0.25, -0.2) is 4.98 Å². The van der Waals surface area contributed by atoms with Gasteiger partial charge in [-0.05, 0) is 35.4 Å². The molecule has 0 saturated carbocycles. The number of ether oxygens (including phenoxy) is 1. The first-order valence-corrected chi connectivity index (χ1v) is 9.18. The van der Waals surface area contributed by atoms with Gasteiger partial charge in [0.25, 0.3) is 0 Å². The first-order valence-electron chi connectivity index (χ1n) is 8.80. The van der Waals surface area contributed by atoms with Gasteiger partial charge in [0.05, 0.1) is 25.0 Å². The van der Waals surface area contributed by atoms with Crippen LogP contribution in [0, 0.1) is 0 Å². The van der Waals surface area contributed by atoms with E-state index in [1.807, 2.05) is 42.5 Å². The topological polar surface area (TPSA) is 55.3 Å². The van der Waals surface area contributed by atoms with Gasteiger partial charge in [0.2, 0.25) is 11.8 Å². The summed E-state index contributed by atoms with van der Waals surface area (Å²) in [4.78, 5) is 22.9. The van der Waals surface area contributed by atoms with Gasteiger partial charge in [0.1, 0.15) is 0 Å². The summed E-state index contributed by atoms with van der Waals surface area (Å²) in [5.74, 6) is 0.505. The Morgan fingerprint density at radius 3 is 2.54 bits per heavy atom. The Morgan fingerprint density at radius 2 is 1.82 bits per heavy atom. The quantitative estimate of drug-likeness (QED) is 0.627. The zero-order valence-electron chi connectivity index (χ0n) is 15.5. The lowest BCUT2D eigenvalue weighted by Crippen LogP contribution is -2.29. The van der Waals surface area contributed by atoms with Gasteiger partial charge in [-0.15, -0.1) is 0 Å². The number of methoxy groups -OCH3 is 1. The zero-order valence-corrected chi connectivity index (χ0v) is 16.3. The highest BCUT2D eigenvalue weighted by Gasteiger charge is 2.20. The van der Waals surface area contributed by atoms with Gasteiger partial charge >= 0.3 is 0 Å². The van der Waals surface area contributed by atoms with E-state index in [-0.39, 0.29) is 5.91 Å². The predicted molar refractivity (Wildman–Crippen MR) is 111 cm³/mol. The van der Waals surface area contributed by atoms with Crippen LogP contribution in [0.3, 0.4) is 0 Å². The van der Waals surface area contributed by atoms with Gasteiger partial charge in [-0.2, -0.15) is 0 Å². The molecule has 140 valence electrons. The Hall–Kier alpha value is -3.18. The zero-order chi connectivity index (χ0) is 19.7. The Balaban J connectivity index is 1.79. The van der Waals surface area contributed by atoms with E-state index in [0.717, 1.165) is 33.6 Å². The minimum Gasteiger partial charge on any atom is -0.481 e. The number of fused-ring (bicyclic) bond motifs is 2. The Morgan fingerprint density at radius 1 is 1.04 bits per heavy atom. The number of amides is 1. The second kappa shape index (κ2) is 7.44. The van der Waals surface area contributed by atoms with E-state index in [2.05, 4.69) is 16.0 Å². The van der Waals surface area contributed by atoms with Crippen molar-refractivity contribution in [2.45, 2.75) is 13.5 Å². The number of anilines is 1. The summed E-state index contributed by atoms with van der Waals surface area (Å²) in [5, 5.41) is 0.592. The molecule has 28 heavy (non-hydrogen) atoms. The second-order valence-corrected chi connectivity index (χ2v) is 6.93. The van der Waals surface area contributed by atoms with Crippen molar-refractivity contribution < 1.29 is 9.53 Å². The van der Waals surface area contributed by atoms with Gasteiger partial charge in [0.15, 0.2) is 0 Å². The lowest BCUT2D eigenvalue weighted by atomic mass is 10.0. The lowest BCUT2D eigenvalue weighted by Gasteiger charge is -2.25. The van der Waals surface area contributed by atoms with Crippen LogP contribution in [0.25, 0.3) is 23.3 Å². The van der Waals surface area contributed by atoms with Gasteiger partial charge in [-0.3, -0.25) is 9.78 Å². The van der Waals surface area contributed by atoms with Crippen molar-refractivity contribution in [1.82, 2.24) is 9.97 Å². The fraction of sp³-hybridized carbons (Fsp3) is 0.136. The molecule has 3 aromatic rings. The van der Waals surface area contributed by atoms with E-state index in [9.17, 15) is 4.79 Å². The molecular formula is C22H18ClN3O2. The van der Waals surface area contributed by atoms with Gasteiger partial charge in [0, 0.05) is 41.5 Å². The fourth-order valence-corrected chi connectivity index (χ4v) is 3.37. The third-order valence-electron chi connectivity index (χ3n) is 4.70. The molecule has 6 heteroatoms. The minimum atomic E-state index is -0.0602. The molecule has 4 rings (SSSR count). The number of nitrogens with zero attached hydrogens (tertiary/aromatic N) is 3. The predicted octanol–water partition coefficient (Wildman–Crippen LogP) is 4.84. The molecular weight excluding hydrogens is 374 g/mol. The number of halogens is 1. The van der Waals surface area contributed by atoms with E-state index in [0.29, 0.717) is 17.4 Å². The van der Waals surface area contributed by atoms with Gasteiger partial charge in [-0.1, -0.05) is 29.8 Å². The van der Waals surface area contributed by atoms with Gasteiger partial charge < -0.3 is 9.64 Å². The molecule has 3 heterocycles. The number of hydrogen-bond donors (Lipinski definition) is 0. The van der Waals surface area contributed by atoms with Crippen molar-refractivity contribution in [3.8, 4) is 17.0 Å². The molecule has 5 nitrogen and oxygen atoms in total. The van der Waals surface area contributed by atoms with Crippen molar-refractivity contribution in [3.63, 3.8) is 0 Å². The Kier molecular flexibility index (Phi) is 4.84. The first kappa shape index (κ1) is 18.2. The molecule has 0 bridgehead atoms. The molecule has 0 unspecified atom stereocenters. The molecule has 1 aliphatic rings. The summed E-state index contributed by atoms with van der Waals surface area (Å²) in [6, 6.07) is 11.4. The Bertz CT molecular complexity index is 1080. The maximum absolute atomic E-state index is 12.3. The van der Waals surface area contributed by atoms with Crippen molar-refractivity contribution in [2.24, 2.45) is 0 Å². The summed E-state index contributed by atoms with van der Waals surface area (Å²) < 4.78 is 5.12. The minimum absolute atomic E-state index is 0.0602. The van der Waals surface area contributed by atoms with Crippen molar-refractivity contribution >= 4 is 35.3 Å². The van der Waals surface area contributed by atoms with Crippen molar-refractivity contribution in [1.29, 1.82) is 0 Å². The summed E-state index contributed by atoms with van der Waals surface area (Å²) in [7, 11) is 1.59. The van der Waals surface area contributed by atoms with Crippen LogP contribution >= 0.6 is 11.6 Å². The van der Waals surface area contributed by atoms with E-state index in [1.165, 1.54) is 0 Å². The molecule has 1 amide bonds. The summed E-state index contributed by atoms with van der Waals surface area (Å²) >= 11 is 6.16. The lowest BCUT2D eigenvalue weighted by molar-refractivity contribution is -0.116. The molecule has 0 fully saturated rings. The number of pyridine rings is 2. The molecule has 0 N–H and O–H groups in total. The van der Waals surface area contributed by atoms with Crippen LogP contribution in [-0.2, 0) is 11.3 Å². The summed E-state index contributed by atoms with van der Waals surface area (Å²) in [6.45, 7) is 1.93. The van der Waals surface area contributed by atoms with Crippen LogP contribution in [-0.4, -0.2) is 23.0 Å². The van der Waals surface area contributed by atoms with Crippen LogP contribution in [0.2, 0.25) is 5.02 Å². The molecule has 0 spiro atoms. The van der Waals surface area contributed by atoms with Crippen LogP contribution < -0.4 is 9.64 Å². The normalized spacial score (nSPS) is 13.8. The van der Waals surface area contributed by atoms with E-state index in [4.69, 9.17) is 16.3 Å². The standard InChI is InChI=1S/C22H18ClN3O2/c1-14(27)26-13-20-16(4-3-15-5-7-19(23)10-21(15)26)9-18(12-24-20)17-6-8-22(28-2)25-11-17/h3-12H,13H2,1-2H3/b4-3-. The third-order valence-corrected chi connectivity index (χ3v) is 4.93. The van der Waals surface area contributed by atoms with E-state index in [1.54, 1.807) is 31.3 Å². The molecule has 0 aliphatic carbocycles. The molecule has 0 radical (unpaired) electrons. The van der Waals surface area contributed by atoms with Crippen LogP contribution in [0.15, 0.2) is 48.8 Å². The number of carbonyl (C=O) groups is 1. The second-order valence-electron chi connectivity index (χ2n) is 6.49. The number of aromatic nitrogens is 2. The highest BCUT2D eigenvalue weighted by Crippen LogP contribution is 2.32. The SMILES string of the molecule is COc1ccc(-c2cnc3c(c2)/C=C\c2ccc(Cl)cc2N(C(C)=O)C3)cn1. The summed E-state index contributed by atoms with van der Waals surface area (Å²) in [5.41, 5.74) is 5.39. The molecule has 2 aromatic heterocycles. The van der Waals surface area contributed by atoms with E-state index >= 15 is 0 Å². The third kappa shape index (κ3) is 3.49. The smallest absolute Gasteiger partial charge is 0.224 e. The first-order chi connectivity index (χ1) is 13.5. The highest BCUT2D eigenvalue weighted by atomic mass is 35.5. The monoisotopic (exact) mass is 391 g/mol. The Labute approximate surface area is 168 Å². The molecule has 1 aromatic carbocycles. The van der Waals surface area contributed by atoms with Crippen LogP contribution in [0.1, 0.15) is 23.7 Å². The number of carbonyl (C=O) groups excluding carboxylic acids is 1. The molecule has 0 atom stereocenters. The number of hydrogen-bond acceptors (Lipinski definition) is 4. The maximum Gasteiger partial charge on any atom is 0.224 e. The van der Waals surface area contributed by atoms with Crippen LogP contribution in [0.4, 0.5) is 5.69 Å². The summed E-state index contributed by atoms with van der Waals surface area (Å²) in [6.07, 6.45) is 7.56. The number of rotatable bonds is 2. The van der Waals surface area contributed by atoms with E-state index < -0.39 is 0 Å². The number of benzene rings is 1. The average Bonchev–Trinajstić information content (AvgIpc) is 2.70. The van der Waals surface area contributed by atoms with Crippen molar-refractivity contribution in [2.75, 3.05) is 12.0 Å². The molecule has 0 saturated heterocycles. The highest BCUT2D eigenvalue weighted by molar-refractivity contribution is 6.31. The fourth-order valence-electron chi connectivity index (χ4n) is 3.20.